The van der Waals surface area contributed by atoms with Gasteiger partial charge in [0.25, 0.3) is 0 Å². The Kier molecular flexibility index (Phi) is 7.89. The van der Waals surface area contributed by atoms with E-state index < -0.39 is 0 Å². The van der Waals surface area contributed by atoms with Gasteiger partial charge in [0.05, 0.1) is 12.0 Å². The number of aryl methyl sites for hydroxylation is 1. The van der Waals surface area contributed by atoms with E-state index >= 15 is 0 Å². The third-order valence-electron chi connectivity index (χ3n) is 8.82. The standard InChI is InChI=1S/C31H42N2O2/c1-25(34)31(29-8-3-2-4-9-29)14-19-32(20-15-31)18-7-21-35-30-13-12-27-22-26(10-11-28(27)23-30)24-33-16-5-6-17-33/h2-4,8-9,12-13,23,26H,5-7,10-11,14-22,24H2,1H3. The molecule has 0 N–H and O–H groups in total. The normalized spacial score (nSPS) is 22.6. The van der Waals surface area contributed by atoms with Crippen molar-refractivity contribution in [2.45, 2.75) is 63.7 Å². The Morgan fingerprint density at radius 1 is 0.971 bits per heavy atom. The van der Waals surface area contributed by atoms with Crippen molar-refractivity contribution in [1.29, 1.82) is 0 Å². The van der Waals surface area contributed by atoms with Crippen LogP contribution >= 0.6 is 0 Å². The minimum Gasteiger partial charge on any atom is -0.494 e. The summed E-state index contributed by atoms with van der Waals surface area (Å²) in [6.07, 6.45) is 9.35. The van der Waals surface area contributed by atoms with Gasteiger partial charge in [-0.15, -0.1) is 0 Å². The van der Waals surface area contributed by atoms with Crippen molar-refractivity contribution in [1.82, 2.24) is 9.80 Å². The molecule has 0 saturated carbocycles. The maximum atomic E-state index is 12.6. The van der Waals surface area contributed by atoms with Crippen molar-refractivity contribution in [3.63, 3.8) is 0 Å². The maximum Gasteiger partial charge on any atom is 0.140 e. The van der Waals surface area contributed by atoms with Crippen LogP contribution < -0.4 is 4.74 Å². The largest absolute Gasteiger partial charge is 0.494 e. The molecule has 2 fully saturated rings. The van der Waals surface area contributed by atoms with E-state index in [2.05, 4.69) is 52.3 Å². The number of piperidine rings is 1. The Hall–Kier alpha value is -2.17. The number of hydrogen-bond acceptors (Lipinski definition) is 4. The number of Topliss-reactive ketones (excluding diaryl/α,β-unsaturated/α-hetero) is 1. The van der Waals surface area contributed by atoms with E-state index in [1.54, 1.807) is 6.92 Å². The summed E-state index contributed by atoms with van der Waals surface area (Å²) in [4.78, 5) is 17.8. The molecule has 0 bridgehead atoms. The summed E-state index contributed by atoms with van der Waals surface area (Å²) in [5.41, 5.74) is 3.92. The van der Waals surface area contributed by atoms with Crippen LogP contribution in [-0.4, -0.2) is 61.5 Å². The van der Waals surface area contributed by atoms with Gasteiger partial charge in [0.1, 0.15) is 11.5 Å². The molecular formula is C31H42N2O2. The number of carbonyl (C=O) groups excluding carboxylic acids is 1. The second-order valence-corrected chi connectivity index (χ2v) is 11.1. The lowest BCUT2D eigenvalue weighted by molar-refractivity contribution is -0.124. The smallest absolute Gasteiger partial charge is 0.140 e. The third-order valence-corrected chi connectivity index (χ3v) is 8.82. The molecule has 5 rings (SSSR count). The van der Waals surface area contributed by atoms with E-state index in [0.717, 1.165) is 57.2 Å². The van der Waals surface area contributed by atoms with E-state index in [-0.39, 0.29) is 5.41 Å². The number of ketones is 1. The molecule has 35 heavy (non-hydrogen) atoms. The number of hydrogen-bond donors (Lipinski definition) is 0. The van der Waals surface area contributed by atoms with Crippen molar-refractivity contribution < 1.29 is 9.53 Å². The SMILES string of the molecule is CC(=O)C1(c2ccccc2)CCN(CCCOc2ccc3c(c2)CCC(CN2CCCC2)C3)CC1. The molecule has 0 amide bonds. The molecule has 2 aromatic rings. The molecule has 188 valence electrons. The highest BCUT2D eigenvalue weighted by molar-refractivity contribution is 5.88. The fourth-order valence-electron chi connectivity index (χ4n) is 6.62. The zero-order valence-electron chi connectivity index (χ0n) is 21.5. The zero-order valence-corrected chi connectivity index (χ0v) is 21.5. The topological polar surface area (TPSA) is 32.8 Å². The second kappa shape index (κ2) is 11.3. The molecular weight excluding hydrogens is 432 g/mol. The first-order chi connectivity index (χ1) is 17.1. The number of fused-ring (bicyclic) bond motifs is 1. The highest BCUT2D eigenvalue weighted by atomic mass is 16.5. The summed E-state index contributed by atoms with van der Waals surface area (Å²) in [7, 11) is 0. The quantitative estimate of drug-likeness (QED) is 0.463. The maximum absolute atomic E-state index is 12.6. The lowest BCUT2D eigenvalue weighted by Gasteiger charge is -2.40. The first-order valence-corrected chi connectivity index (χ1v) is 13.9. The van der Waals surface area contributed by atoms with Gasteiger partial charge < -0.3 is 14.5 Å². The highest BCUT2D eigenvalue weighted by Gasteiger charge is 2.40. The van der Waals surface area contributed by atoms with Gasteiger partial charge in [-0.25, -0.2) is 0 Å². The molecule has 1 atom stereocenters. The van der Waals surface area contributed by atoms with Gasteiger partial charge in [-0.3, -0.25) is 4.79 Å². The summed E-state index contributed by atoms with van der Waals surface area (Å²) in [6, 6.07) is 17.2. The molecule has 0 radical (unpaired) electrons. The van der Waals surface area contributed by atoms with Crippen LogP contribution in [0, 0.1) is 5.92 Å². The number of carbonyl (C=O) groups is 1. The molecule has 2 saturated heterocycles. The molecule has 0 spiro atoms. The average molecular weight is 475 g/mol. The molecule has 2 heterocycles. The van der Waals surface area contributed by atoms with E-state index in [1.165, 1.54) is 68.4 Å². The van der Waals surface area contributed by atoms with Crippen LogP contribution in [0.3, 0.4) is 0 Å². The number of rotatable bonds is 9. The van der Waals surface area contributed by atoms with Crippen LogP contribution in [0.5, 0.6) is 5.75 Å². The van der Waals surface area contributed by atoms with E-state index in [0.29, 0.717) is 5.78 Å². The molecule has 4 nitrogen and oxygen atoms in total. The number of benzene rings is 2. The summed E-state index contributed by atoms with van der Waals surface area (Å²) >= 11 is 0. The summed E-state index contributed by atoms with van der Waals surface area (Å²) in [5.74, 6) is 2.15. The minimum absolute atomic E-state index is 0.301. The Morgan fingerprint density at radius 2 is 1.74 bits per heavy atom. The van der Waals surface area contributed by atoms with Crippen LogP contribution in [0.25, 0.3) is 0 Å². The van der Waals surface area contributed by atoms with E-state index in [9.17, 15) is 4.79 Å². The number of likely N-dealkylation sites (tertiary alicyclic amines) is 2. The molecule has 3 aliphatic rings. The predicted octanol–water partition coefficient (Wildman–Crippen LogP) is 5.28. The van der Waals surface area contributed by atoms with E-state index in [4.69, 9.17) is 4.74 Å². The molecule has 1 unspecified atom stereocenters. The second-order valence-electron chi connectivity index (χ2n) is 11.1. The molecule has 2 aliphatic heterocycles. The van der Waals surface area contributed by atoms with Crippen molar-refractivity contribution >= 4 is 5.78 Å². The lowest BCUT2D eigenvalue weighted by Crippen LogP contribution is -2.46. The summed E-state index contributed by atoms with van der Waals surface area (Å²) in [5, 5.41) is 0. The summed E-state index contributed by atoms with van der Waals surface area (Å²) < 4.78 is 6.16. The highest BCUT2D eigenvalue weighted by Crippen LogP contribution is 2.36. The molecule has 2 aromatic carbocycles. The fourth-order valence-corrected chi connectivity index (χ4v) is 6.62. The van der Waals surface area contributed by atoms with Gasteiger partial charge in [0, 0.05) is 13.1 Å². The summed E-state index contributed by atoms with van der Waals surface area (Å²) in [6.45, 7) is 9.40. The Balaban J connectivity index is 1.05. The van der Waals surface area contributed by atoms with Crippen LogP contribution in [0.15, 0.2) is 48.5 Å². The monoisotopic (exact) mass is 474 g/mol. The van der Waals surface area contributed by atoms with Gasteiger partial charge in [-0.05, 0) is 119 Å². The fraction of sp³-hybridized carbons (Fsp3) is 0.581. The van der Waals surface area contributed by atoms with Gasteiger partial charge in [-0.1, -0.05) is 36.4 Å². The number of nitrogens with zero attached hydrogens (tertiary/aromatic N) is 2. The molecule has 0 aromatic heterocycles. The molecule has 4 heteroatoms. The first kappa shape index (κ1) is 24.5. The van der Waals surface area contributed by atoms with Gasteiger partial charge in [-0.2, -0.15) is 0 Å². The van der Waals surface area contributed by atoms with Crippen molar-refractivity contribution in [2.75, 3.05) is 45.9 Å². The minimum atomic E-state index is -0.301. The van der Waals surface area contributed by atoms with Crippen molar-refractivity contribution in [3.05, 3.63) is 65.2 Å². The zero-order chi connectivity index (χ0) is 24.1. The van der Waals surface area contributed by atoms with Crippen molar-refractivity contribution in [3.8, 4) is 5.75 Å². The van der Waals surface area contributed by atoms with Crippen LogP contribution in [0.4, 0.5) is 0 Å². The van der Waals surface area contributed by atoms with E-state index in [1.807, 2.05) is 6.07 Å². The Morgan fingerprint density at radius 3 is 2.49 bits per heavy atom. The predicted molar refractivity (Wildman–Crippen MR) is 142 cm³/mol. The third kappa shape index (κ3) is 5.81. The van der Waals surface area contributed by atoms with Gasteiger partial charge in [0.15, 0.2) is 0 Å². The Labute approximate surface area is 211 Å². The van der Waals surface area contributed by atoms with Crippen molar-refractivity contribution in [2.24, 2.45) is 5.92 Å². The first-order valence-electron chi connectivity index (χ1n) is 13.9. The number of ether oxygens (including phenoxy) is 1. The molecule has 1 aliphatic carbocycles. The van der Waals surface area contributed by atoms with Crippen LogP contribution in [-0.2, 0) is 23.1 Å². The Bertz CT molecular complexity index is 975. The lowest BCUT2D eigenvalue weighted by atomic mass is 9.70. The van der Waals surface area contributed by atoms with Crippen LogP contribution in [0.2, 0.25) is 0 Å². The van der Waals surface area contributed by atoms with Gasteiger partial charge >= 0.3 is 0 Å². The van der Waals surface area contributed by atoms with Gasteiger partial charge in [0.2, 0.25) is 0 Å². The average Bonchev–Trinajstić information content (AvgIpc) is 3.40. The van der Waals surface area contributed by atoms with Crippen LogP contribution in [0.1, 0.15) is 62.1 Å².